The van der Waals surface area contributed by atoms with E-state index < -0.39 is 5.91 Å². The molecular weight excluding hydrogens is 574 g/mol. The van der Waals surface area contributed by atoms with Crippen LogP contribution in [0.1, 0.15) is 39.5 Å². The van der Waals surface area contributed by atoms with Gasteiger partial charge in [0.15, 0.2) is 17.3 Å². The third kappa shape index (κ3) is 6.56. The second-order valence-electron chi connectivity index (χ2n) is 10.0. The van der Waals surface area contributed by atoms with Crippen LogP contribution >= 0.6 is 11.6 Å². The van der Waals surface area contributed by atoms with E-state index in [0.29, 0.717) is 39.8 Å². The van der Waals surface area contributed by atoms with Gasteiger partial charge in [-0.3, -0.25) is 24.0 Å². The number of hydrogen-bond donors (Lipinski definition) is 3. The molecule has 0 spiro atoms. The molecule has 3 N–H and O–H groups in total. The number of rotatable bonds is 10. The molecule has 1 saturated carbocycles. The van der Waals surface area contributed by atoms with Crippen LogP contribution in [0.5, 0.6) is 5.75 Å². The molecule has 0 unspecified atom stereocenters. The van der Waals surface area contributed by atoms with Crippen molar-refractivity contribution in [3.63, 3.8) is 0 Å². The van der Waals surface area contributed by atoms with Crippen molar-refractivity contribution in [2.24, 2.45) is 13.0 Å². The fourth-order valence-corrected chi connectivity index (χ4v) is 4.68. The maximum absolute atomic E-state index is 13.0. The Kier molecular flexibility index (Phi) is 8.53. The Labute approximate surface area is 252 Å². The number of nitrogens with one attached hydrogen (secondary N) is 3. The van der Waals surface area contributed by atoms with Crippen LogP contribution in [0.15, 0.2) is 48.8 Å². The number of ether oxygens (including phenoxy) is 1. The average Bonchev–Trinajstić information content (AvgIpc) is 3.79. The van der Waals surface area contributed by atoms with Crippen molar-refractivity contribution in [2.75, 3.05) is 31.8 Å². The predicted octanol–water partition coefficient (Wildman–Crippen LogP) is 3.66. The van der Waals surface area contributed by atoms with E-state index >= 15 is 0 Å². The number of aryl methyl sites for hydroxylation is 1. The molecule has 4 aromatic rings. The number of benzene rings is 1. The average molecular weight is 604 g/mol. The van der Waals surface area contributed by atoms with Crippen LogP contribution in [0.25, 0.3) is 11.1 Å². The molecule has 1 aliphatic carbocycles. The Bertz CT molecular complexity index is 1690. The summed E-state index contributed by atoms with van der Waals surface area (Å²) in [5, 5.41) is 21.2. The van der Waals surface area contributed by atoms with E-state index in [1.807, 2.05) is 19.3 Å². The summed E-state index contributed by atoms with van der Waals surface area (Å²) in [5.74, 6) is -0.339. The summed E-state index contributed by atoms with van der Waals surface area (Å²) in [6.45, 7) is 0.338. The SMILES string of the molecule is CNC(=O)c1nnc(NC(=O)C2CC2)cc1Nc1ccc(Cl)c(-c2ccc(C(=O)N(C)Cc3ccn(C)n3)nc2)c1OC. The Balaban J connectivity index is 1.43. The number of aromatic nitrogens is 5. The Morgan fingerprint density at radius 1 is 1.12 bits per heavy atom. The van der Waals surface area contributed by atoms with Gasteiger partial charge in [0.05, 0.1) is 35.7 Å². The van der Waals surface area contributed by atoms with E-state index in [9.17, 15) is 14.4 Å². The van der Waals surface area contributed by atoms with Crippen LogP contribution in [-0.4, -0.2) is 68.8 Å². The highest BCUT2D eigenvalue weighted by Crippen LogP contribution is 2.43. The number of anilines is 3. The molecule has 1 aliphatic rings. The summed E-state index contributed by atoms with van der Waals surface area (Å²) < 4.78 is 7.44. The maximum atomic E-state index is 13.0. The molecule has 13 nitrogen and oxygen atoms in total. The second-order valence-corrected chi connectivity index (χ2v) is 10.4. The zero-order valence-corrected chi connectivity index (χ0v) is 24.8. The van der Waals surface area contributed by atoms with Gasteiger partial charge < -0.3 is 25.6 Å². The van der Waals surface area contributed by atoms with Crippen molar-refractivity contribution in [3.8, 4) is 16.9 Å². The number of methoxy groups -OCH3 is 1. The number of carbonyl (C=O) groups is 3. The zero-order valence-electron chi connectivity index (χ0n) is 24.0. The number of hydrogen-bond acceptors (Lipinski definition) is 9. The smallest absolute Gasteiger partial charge is 0.273 e. The minimum Gasteiger partial charge on any atom is -0.494 e. The first-order chi connectivity index (χ1) is 20.7. The van der Waals surface area contributed by atoms with Crippen molar-refractivity contribution in [2.45, 2.75) is 19.4 Å². The molecule has 0 atom stereocenters. The highest BCUT2D eigenvalue weighted by molar-refractivity contribution is 6.34. The van der Waals surface area contributed by atoms with E-state index in [2.05, 4.69) is 36.2 Å². The molecule has 14 heteroatoms. The molecule has 43 heavy (non-hydrogen) atoms. The van der Waals surface area contributed by atoms with Crippen LogP contribution in [0.4, 0.5) is 17.2 Å². The number of carbonyl (C=O) groups excluding carboxylic acids is 3. The standard InChI is InChI=1S/C29H30ClN9O4/c1-31-28(41)25-22(13-23(35-36-25)34-27(40)16-5-6-16)33-20-10-8-19(30)24(26(20)43-4)17-7-9-21(32-14-17)29(42)38(2)15-18-11-12-39(3)37-18/h7-14,16H,5-6,15H2,1-4H3,(H,31,41)(H2,33,34,35,40). The van der Waals surface area contributed by atoms with E-state index in [4.69, 9.17) is 16.3 Å². The summed E-state index contributed by atoms with van der Waals surface area (Å²) >= 11 is 6.63. The van der Waals surface area contributed by atoms with E-state index in [-0.39, 0.29) is 34.9 Å². The fourth-order valence-electron chi connectivity index (χ4n) is 4.42. The first-order valence-corrected chi connectivity index (χ1v) is 13.8. The van der Waals surface area contributed by atoms with Gasteiger partial charge in [-0.25, -0.2) is 0 Å². The third-order valence-electron chi connectivity index (χ3n) is 6.80. The van der Waals surface area contributed by atoms with Crippen molar-refractivity contribution in [1.82, 2.24) is 35.2 Å². The second kappa shape index (κ2) is 12.4. The fraction of sp³-hybridized carbons (Fsp3) is 0.276. The molecule has 1 aromatic carbocycles. The number of nitrogens with zero attached hydrogens (tertiary/aromatic N) is 6. The van der Waals surface area contributed by atoms with Crippen LogP contribution in [0.3, 0.4) is 0 Å². The minimum atomic E-state index is -0.472. The minimum absolute atomic E-state index is 0.0184. The van der Waals surface area contributed by atoms with Gasteiger partial charge in [0, 0.05) is 56.6 Å². The zero-order chi connectivity index (χ0) is 30.7. The van der Waals surface area contributed by atoms with E-state index in [1.54, 1.807) is 42.2 Å². The van der Waals surface area contributed by atoms with Gasteiger partial charge in [0.2, 0.25) is 5.91 Å². The molecule has 0 aliphatic heterocycles. The van der Waals surface area contributed by atoms with Gasteiger partial charge in [-0.1, -0.05) is 17.7 Å². The monoisotopic (exact) mass is 603 g/mol. The largest absolute Gasteiger partial charge is 0.494 e. The Hall–Kier alpha value is -5.04. The van der Waals surface area contributed by atoms with Gasteiger partial charge in [-0.05, 0) is 37.1 Å². The lowest BCUT2D eigenvalue weighted by Crippen LogP contribution is -2.27. The summed E-state index contributed by atoms with van der Waals surface area (Å²) in [6, 6.07) is 10.1. The normalized spacial score (nSPS) is 12.4. The van der Waals surface area contributed by atoms with E-state index in [1.165, 1.54) is 25.1 Å². The van der Waals surface area contributed by atoms with Gasteiger partial charge in [0.25, 0.3) is 11.8 Å². The summed E-state index contributed by atoms with van der Waals surface area (Å²) in [5.41, 5.74) is 2.92. The number of halogens is 1. The molecule has 5 rings (SSSR count). The maximum Gasteiger partial charge on any atom is 0.273 e. The number of amides is 3. The van der Waals surface area contributed by atoms with Crippen molar-refractivity contribution >= 4 is 46.5 Å². The first kappa shape index (κ1) is 29.5. The topological polar surface area (TPSA) is 156 Å². The van der Waals surface area contributed by atoms with Crippen molar-refractivity contribution in [3.05, 3.63) is 70.9 Å². The summed E-state index contributed by atoms with van der Waals surface area (Å²) in [4.78, 5) is 43.8. The van der Waals surface area contributed by atoms with E-state index in [0.717, 1.165) is 18.5 Å². The quantitative estimate of drug-likeness (QED) is 0.246. The van der Waals surface area contributed by atoms with Gasteiger partial charge >= 0.3 is 0 Å². The molecule has 0 saturated heterocycles. The lowest BCUT2D eigenvalue weighted by Gasteiger charge is -2.18. The Morgan fingerprint density at radius 2 is 1.91 bits per heavy atom. The molecule has 0 radical (unpaired) electrons. The third-order valence-corrected chi connectivity index (χ3v) is 7.12. The molecule has 3 amide bonds. The highest BCUT2D eigenvalue weighted by Gasteiger charge is 2.30. The highest BCUT2D eigenvalue weighted by atomic mass is 35.5. The molecular formula is C29H30ClN9O4. The van der Waals surface area contributed by atoms with Gasteiger partial charge in [-0.15, -0.1) is 10.2 Å². The Morgan fingerprint density at radius 3 is 2.53 bits per heavy atom. The van der Waals surface area contributed by atoms with Crippen molar-refractivity contribution < 1.29 is 19.1 Å². The van der Waals surface area contributed by atoms with Crippen LogP contribution < -0.4 is 20.7 Å². The predicted molar refractivity (Wildman–Crippen MR) is 160 cm³/mol. The number of pyridine rings is 1. The molecule has 222 valence electrons. The molecule has 3 aromatic heterocycles. The molecule has 3 heterocycles. The lowest BCUT2D eigenvalue weighted by atomic mass is 10.0. The van der Waals surface area contributed by atoms with Gasteiger partial charge in [-0.2, -0.15) is 5.10 Å². The van der Waals surface area contributed by atoms with Crippen LogP contribution in [0.2, 0.25) is 5.02 Å². The molecule has 0 bridgehead atoms. The summed E-state index contributed by atoms with van der Waals surface area (Å²) in [7, 11) is 6.47. The van der Waals surface area contributed by atoms with Gasteiger partial charge in [0.1, 0.15) is 5.69 Å². The van der Waals surface area contributed by atoms with Crippen LogP contribution in [0, 0.1) is 5.92 Å². The van der Waals surface area contributed by atoms with Crippen molar-refractivity contribution in [1.29, 1.82) is 0 Å². The van der Waals surface area contributed by atoms with Crippen LogP contribution in [-0.2, 0) is 18.4 Å². The lowest BCUT2D eigenvalue weighted by molar-refractivity contribution is -0.117. The summed E-state index contributed by atoms with van der Waals surface area (Å²) in [6.07, 6.45) is 5.02. The molecule has 1 fully saturated rings. The first-order valence-electron chi connectivity index (χ1n) is 13.4.